The molecule has 0 bridgehead atoms. The van der Waals surface area contributed by atoms with Gasteiger partial charge in [-0.3, -0.25) is 0 Å². The molecular formula is C10H13Cl2NO. The Labute approximate surface area is 94.2 Å². The molecule has 0 amide bonds. The van der Waals surface area contributed by atoms with Gasteiger partial charge in [0.25, 0.3) is 0 Å². The topological polar surface area (TPSA) is 22.1 Å². The zero-order valence-corrected chi connectivity index (χ0v) is 9.77. The summed E-state index contributed by atoms with van der Waals surface area (Å²) >= 11 is 11.5. The first-order valence-electron chi connectivity index (χ1n) is 4.48. The van der Waals surface area contributed by atoms with Crippen molar-refractivity contribution in [1.82, 2.24) is 4.98 Å². The second-order valence-corrected chi connectivity index (χ2v) is 4.24. The molecule has 14 heavy (non-hydrogen) atoms. The molecule has 0 N–H and O–H groups in total. The van der Waals surface area contributed by atoms with Crippen molar-refractivity contribution in [1.29, 1.82) is 0 Å². The summed E-state index contributed by atoms with van der Waals surface area (Å²) < 4.78 is 5.43. The fraction of sp³-hybridized carbons (Fsp3) is 0.500. The molecule has 0 radical (unpaired) electrons. The van der Waals surface area contributed by atoms with E-state index in [0.29, 0.717) is 22.8 Å². The summed E-state index contributed by atoms with van der Waals surface area (Å²) in [6.07, 6.45) is 0. The Bertz CT molecular complexity index is 302. The van der Waals surface area contributed by atoms with E-state index in [4.69, 9.17) is 27.9 Å². The second kappa shape index (κ2) is 5.54. The van der Waals surface area contributed by atoms with Crippen LogP contribution in [0.5, 0.6) is 0 Å². The number of hydrogen-bond donors (Lipinski definition) is 0. The predicted molar refractivity (Wildman–Crippen MR) is 58.8 cm³/mol. The highest BCUT2D eigenvalue weighted by Gasteiger charge is 2.03. The molecule has 0 aliphatic heterocycles. The van der Waals surface area contributed by atoms with Gasteiger partial charge in [0.1, 0.15) is 10.3 Å². The van der Waals surface area contributed by atoms with E-state index in [-0.39, 0.29) is 0 Å². The van der Waals surface area contributed by atoms with Crippen LogP contribution in [0.1, 0.15) is 19.4 Å². The van der Waals surface area contributed by atoms with Crippen molar-refractivity contribution in [3.63, 3.8) is 0 Å². The quantitative estimate of drug-likeness (QED) is 0.743. The molecule has 78 valence electrons. The minimum atomic E-state index is 0.405. The lowest BCUT2D eigenvalue weighted by Crippen LogP contribution is -2.02. The lowest BCUT2D eigenvalue weighted by Gasteiger charge is -2.07. The molecule has 0 saturated heterocycles. The number of halogens is 2. The summed E-state index contributed by atoms with van der Waals surface area (Å²) in [5.74, 6) is 0.522. The lowest BCUT2D eigenvalue weighted by atomic mass is 10.2. The third-order valence-electron chi connectivity index (χ3n) is 1.60. The average Bonchev–Trinajstić information content (AvgIpc) is 2.08. The van der Waals surface area contributed by atoms with Gasteiger partial charge in [-0.1, -0.05) is 43.1 Å². The lowest BCUT2D eigenvalue weighted by molar-refractivity contribution is 0.0969. The van der Waals surface area contributed by atoms with Crippen LogP contribution >= 0.6 is 23.2 Å². The molecule has 0 saturated carbocycles. The molecule has 0 aliphatic carbocycles. The van der Waals surface area contributed by atoms with Crippen LogP contribution in [0.15, 0.2) is 12.1 Å². The van der Waals surface area contributed by atoms with E-state index in [1.54, 1.807) is 6.07 Å². The second-order valence-electron chi connectivity index (χ2n) is 3.49. The van der Waals surface area contributed by atoms with Gasteiger partial charge in [-0.05, 0) is 12.0 Å². The van der Waals surface area contributed by atoms with Gasteiger partial charge < -0.3 is 4.74 Å². The maximum atomic E-state index is 5.87. The average molecular weight is 234 g/mol. The summed E-state index contributed by atoms with van der Waals surface area (Å²) in [6, 6.07) is 3.54. The van der Waals surface area contributed by atoms with E-state index in [9.17, 15) is 0 Å². The maximum absolute atomic E-state index is 5.87. The molecule has 0 spiro atoms. The number of hydrogen-bond acceptors (Lipinski definition) is 2. The van der Waals surface area contributed by atoms with Crippen LogP contribution in [-0.4, -0.2) is 11.6 Å². The van der Waals surface area contributed by atoms with Crippen LogP contribution in [-0.2, 0) is 11.3 Å². The van der Waals surface area contributed by atoms with Gasteiger partial charge in [0, 0.05) is 12.2 Å². The van der Waals surface area contributed by atoms with Crippen molar-refractivity contribution < 1.29 is 4.74 Å². The molecule has 2 nitrogen and oxygen atoms in total. The third kappa shape index (κ3) is 3.82. The van der Waals surface area contributed by atoms with Gasteiger partial charge in [-0.2, -0.15) is 0 Å². The Morgan fingerprint density at radius 3 is 2.64 bits per heavy atom. The van der Waals surface area contributed by atoms with Gasteiger partial charge in [0.05, 0.1) is 6.61 Å². The Kier molecular flexibility index (Phi) is 4.66. The summed E-state index contributed by atoms with van der Waals surface area (Å²) in [7, 11) is 0. The van der Waals surface area contributed by atoms with E-state index in [1.807, 2.05) is 6.07 Å². The molecule has 1 aromatic rings. The molecular weight excluding hydrogens is 221 g/mol. The summed E-state index contributed by atoms with van der Waals surface area (Å²) in [5.41, 5.74) is 0.872. The van der Waals surface area contributed by atoms with E-state index < -0.39 is 0 Å². The van der Waals surface area contributed by atoms with Crippen LogP contribution < -0.4 is 0 Å². The molecule has 0 fully saturated rings. The van der Waals surface area contributed by atoms with Crippen molar-refractivity contribution in [3.05, 3.63) is 28.0 Å². The Morgan fingerprint density at radius 2 is 2.07 bits per heavy atom. The van der Waals surface area contributed by atoms with E-state index in [2.05, 4.69) is 18.8 Å². The van der Waals surface area contributed by atoms with Gasteiger partial charge in [-0.25, -0.2) is 4.98 Å². The van der Waals surface area contributed by atoms with Crippen LogP contribution in [0.2, 0.25) is 10.3 Å². The molecule has 0 atom stereocenters. The number of rotatable bonds is 4. The number of pyridine rings is 1. The van der Waals surface area contributed by atoms with Crippen molar-refractivity contribution in [2.24, 2.45) is 5.92 Å². The van der Waals surface area contributed by atoms with Gasteiger partial charge >= 0.3 is 0 Å². The van der Waals surface area contributed by atoms with Gasteiger partial charge in [0.2, 0.25) is 0 Å². The van der Waals surface area contributed by atoms with Crippen molar-refractivity contribution in [2.45, 2.75) is 20.5 Å². The van der Waals surface area contributed by atoms with E-state index >= 15 is 0 Å². The number of aromatic nitrogens is 1. The maximum Gasteiger partial charge on any atom is 0.136 e. The van der Waals surface area contributed by atoms with Crippen molar-refractivity contribution in [2.75, 3.05) is 6.61 Å². The monoisotopic (exact) mass is 233 g/mol. The number of ether oxygens (including phenoxy) is 1. The molecule has 4 heteroatoms. The standard InChI is InChI=1S/C10H13Cl2NO/c1-7(2)5-14-6-8-3-4-9(11)13-10(8)12/h3-4,7H,5-6H2,1-2H3. The normalized spacial score (nSPS) is 10.9. The first kappa shape index (κ1) is 11.8. The van der Waals surface area contributed by atoms with E-state index in [0.717, 1.165) is 12.2 Å². The fourth-order valence-corrected chi connectivity index (χ4v) is 1.35. The molecule has 0 aromatic carbocycles. The van der Waals surface area contributed by atoms with Gasteiger partial charge in [-0.15, -0.1) is 0 Å². The highest BCUT2D eigenvalue weighted by molar-refractivity contribution is 6.32. The summed E-state index contributed by atoms with van der Waals surface area (Å²) in [6.45, 7) is 5.41. The Morgan fingerprint density at radius 1 is 1.36 bits per heavy atom. The highest BCUT2D eigenvalue weighted by atomic mass is 35.5. The zero-order chi connectivity index (χ0) is 10.6. The molecule has 0 unspecified atom stereocenters. The summed E-state index contributed by atoms with van der Waals surface area (Å²) in [4.78, 5) is 3.92. The highest BCUT2D eigenvalue weighted by Crippen LogP contribution is 2.17. The molecule has 1 rings (SSSR count). The first-order valence-corrected chi connectivity index (χ1v) is 5.24. The molecule has 1 aromatic heterocycles. The SMILES string of the molecule is CC(C)COCc1ccc(Cl)nc1Cl. The Hall–Kier alpha value is -0.310. The van der Waals surface area contributed by atoms with Crippen LogP contribution in [0, 0.1) is 5.92 Å². The molecule has 1 heterocycles. The minimum Gasteiger partial charge on any atom is -0.376 e. The molecule has 0 aliphatic rings. The summed E-state index contributed by atoms with van der Waals surface area (Å²) in [5, 5.41) is 0.823. The predicted octanol–water partition coefficient (Wildman–Crippen LogP) is 3.56. The van der Waals surface area contributed by atoms with E-state index in [1.165, 1.54) is 0 Å². The van der Waals surface area contributed by atoms with Crippen LogP contribution in [0.25, 0.3) is 0 Å². The zero-order valence-electron chi connectivity index (χ0n) is 8.26. The largest absolute Gasteiger partial charge is 0.376 e. The van der Waals surface area contributed by atoms with Crippen molar-refractivity contribution in [3.8, 4) is 0 Å². The van der Waals surface area contributed by atoms with Crippen LogP contribution in [0.3, 0.4) is 0 Å². The number of nitrogens with zero attached hydrogens (tertiary/aromatic N) is 1. The Balaban J connectivity index is 2.51. The van der Waals surface area contributed by atoms with Crippen LogP contribution in [0.4, 0.5) is 0 Å². The third-order valence-corrected chi connectivity index (χ3v) is 2.14. The first-order chi connectivity index (χ1) is 6.59. The smallest absolute Gasteiger partial charge is 0.136 e. The van der Waals surface area contributed by atoms with Gasteiger partial charge in [0.15, 0.2) is 0 Å². The minimum absolute atomic E-state index is 0.405. The van der Waals surface area contributed by atoms with Crippen molar-refractivity contribution >= 4 is 23.2 Å². The fourth-order valence-electron chi connectivity index (χ4n) is 0.953.